The van der Waals surface area contributed by atoms with E-state index in [0.717, 1.165) is 0 Å². The number of amides is 2. The first-order valence-electron chi connectivity index (χ1n) is 4.78. The van der Waals surface area contributed by atoms with Gasteiger partial charge in [0.15, 0.2) is 0 Å². The van der Waals surface area contributed by atoms with Gasteiger partial charge in [-0.3, -0.25) is 9.59 Å². The molecular formula is C9H18N2O3S. The zero-order valence-corrected chi connectivity index (χ0v) is 9.97. The molecule has 0 aromatic rings. The molecule has 0 saturated heterocycles. The van der Waals surface area contributed by atoms with Crippen LogP contribution < -0.4 is 10.6 Å². The highest BCUT2D eigenvalue weighted by Crippen LogP contribution is 1.87. The van der Waals surface area contributed by atoms with Gasteiger partial charge in [-0.1, -0.05) is 0 Å². The van der Waals surface area contributed by atoms with E-state index in [9.17, 15) is 9.59 Å². The summed E-state index contributed by atoms with van der Waals surface area (Å²) in [5.74, 6) is 0.100. The van der Waals surface area contributed by atoms with E-state index in [1.807, 2.05) is 0 Å². The van der Waals surface area contributed by atoms with Gasteiger partial charge >= 0.3 is 0 Å². The van der Waals surface area contributed by atoms with Gasteiger partial charge in [-0.2, -0.15) is 12.6 Å². The molecule has 0 radical (unpaired) electrons. The third-order valence-electron chi connectivity index (χ3n) is 1.72. The van der Waals surface area contributed by atoms with Gasteiger partial charge in [-0.15, -0.1) is 0 Å². The number of hydrogen-bond acceptors (Lipinski definition) is 4. The van der Waals surface area contributed by atoms with Crippen molar-refractivity contribution in [2.45, 2.75) is 19.4 Å². The Labute approximate surface area is 95.4 Å². The summed E-state index contributed by atoms with van der Waals surface area (Å²) < 4.78 is 4.78. The van der Waals surface area contributed by atoms with E-state index < -0.39 is 6.04 Å². The second-order valence-electron chi connectivity index (χ2n) is 3.05. The maximum Gasteiger partial charge on any atom is 0.242 e. The molecule has 0 aliphatic heterocycles. The summed E-state index contributed by atoms with van der Waals surface area (Å²) in [6.45, 7) is 2.55. The number of methoxy groups -OCH3 is 1. The first-order valence-corrected chi connectivity index (χ1v) is 5.42. The predicted octanol–water partition coefficient (Wildman–Crippen LogP) is -0.426. The Balaban J connectivity index is 3.73. The summed E-state index contributed by atoms with van der Waals surface area (Å²) in [7, 11) is 1.56. The molecule has 88 valence electrons. The van der Waals surface area contributed by atoms with Crippen molar-refractivity contribution in [2.24, 2.45) is 0 Å². The van der Waals surface area contributed by atoms with E-state index in [0.29, 0.717) is 25.3 Å². The summed E-state index contributed by atoms with van der Waals surface area (Å²) >= 11 is 3.93. The lowest BCUT2D eigenvalue weighted by molar-refractivity contribution is -0.128. The monoisotopic (exact) mass is 234 g/mol. The third-order valence-corrected chi connectivity index (χ3v) is 1.94. The first kappa shape index (κ1) is 14.2. The van der Waals surface area contributed by atoms with Gasteiger partial charge < -0.3 is 15.4 Å². The third kappa shape index (κ3) is 7.21. The van der Waals surface area contributed by atoms with E-state index in [1.165, 1.54) is 0 Å². The molecule has 2 N–H and O–H groups in total. The van der Waals surface area contributed by atoms with E-state index >= 15 is 0 Å². The fraction of sp³-hybridized carbons (Fsp3) is 0.778. The minimum atomic E-state index is -0.519. The number of hydrogen-bond donors (Lipinski definition) is 3. The Morgan fingerprint density at radius 1 is 1.47 bits per heavy atom. The van der Waals surface area contributed by atoms with Crippen molar-refractivity contribution in [2.75, 3.05) is 26.0 Å². The van der Waals surface area contributed by atoms with Crippen LogP contribution in [0.15, 0.2) is 0 Å². The fourth-order valence-corrected chi connectivity index (χ4v) is 1.11. The van der Waals surface area contributed by atoms with Gasteiger partial charge in [0.2, 0.25) is 11.8 Å². The van der Waals surface area contributed by atoms with Crippen molar-refractivity contribution < 1.29 is 14.3 Å². The highest BCUT2D eigenvalue weighted by molar-refractivity contribution is 7.80. The molecule has 5 nitrogen and oxygen atoms in total. The Bertz CT molecular complexity index is 212. The van der Waals surface area contributed by atoms with Gasteiger partial charge in [-0.05, 0) is 12.7 Å². The quantitative estimate of drug-likeness (QED) is 0.414. The number of rotatable bonds is 7. The van der Waals surface area contributed by atoms with Gasteiger partial charge in [-0.25, -0.2) is 0 Å². The van der Waals surface area contributed by atoms with Crippen LogP contribution in [0.1, 0.15) is 13.3 Å². The molecule has 0 bridgehead atoms. The van der Waals surface area contributed by atoms with Crippen LogP contribution in [0.4, 0.5) is 0 Å². The summed E-state index contributed by atoms with van der Waals surface area (Å²) in [5, 5.41) is 5.20. The summed E-state index contributed by atoms with van der Waals surface area (Å²) in [6, 6.07) is -0.519. The maximum atomic E-state index is 11.4. The normalized spacial score (nSPS) is 11.9. The SMILES string of the molecule is COCCNC(=O)C(C)NC(=O)CCS. The van der Waals surface area contributed by atoms with Crippen LogP contribution in [0.5, 0.6) is 0 Å². The second-order valence-corrected chi connectivity index (χ2v) is 3.49. The van der Waals surface area contributed by atoms with Crippen molar-refractivity contribution in [1.82, 2.24) is 10.6 Å². The highest BCUT2D eigenvalue weighted by atomic mass is 32.1. The first-order chi connectivity index (χ1) is 7.11. The second kappa shape index (κ2) is 8.55. The van der Waals surface area contributed by atoms with Crippen LogP contribution in [-0.2, 0) is 14.3 Å². The van der Waals surface area contributed by atoms with Crippen LogP contribution in [0.2, 0.25) is 0 Å². The predicted molar refractivity (Wildman–Crippen MR) is 61.0 cm³/mol. The standard InChI is InChI=1S/C9H18N2O3S/c1-7(11-8(12)3-6-15)9(13)10-4-5-14-2/h7,15H,3-6H2,1-2H3,(H,10,13)(H,11,12). The molecule has 0 aromatic heterocycles. The minimum Gasteiger partial charge on any atom is -0.383 e. The molecule has 1 atom stereocenters. The average Bonchev–Trinajstić information content (AvgIpc) is 2.18. The summed E-state index contributed by atoms with van der Waals surface area (Å²) in [5.41, 5.74) is 0. The Morgan fingerprint density at radius 3 is 2.67 bits per heavy atom. The van der Waals surface area contributed by atoms with Gasteiger partial charge in [0, 0.05) is 20.1 Å². The summed E-state index contributed by atoms with van der Waals surface area (Å²) in [4.78, 5) is 22.5. The molecule has 6 heteroatoms. The molecule has 0 aliphatic carbocycles. The number of nitrogens with one attached hydrogen (secondary N) is 2. The van der Waals surface area contributed by atoms with Gasteiger partial charge in [0.05, 0.1) is 6.61 Å². The van der Waals surface area contributed by atoms with Crippen LogP contribution in [0, 0.1) is 0 Å². The molecular weight excluding hydrogens is 216 g/mol. The Kier molecular flexibility index (Phi) is 8.12. The van der Waals surface area contributed by atoms with E-state index in [4.69, 9.17) is 4.74 Å². The Hall–Kier alpha value is -0.750. The smallest absolute Gasteiger partial charge is 0.242 e. The zero-order chi connectivity index (χ0) is 11.7. The molecule has 0 aromatic carbocycles. The van der Waals surface area contributed by atoms with Gasteiger partial charge in [0.1, 0.15) is 6.04 Å². The molecule has 0 spiro atoms. The molecule has 15 heavy (non-hydrogen) atoms. The minimum absolute atomic E-state index is 0.167. The van der Waals surface area contributed by atoms with Crippen LogP contribution in [-0.4, -0.2) is 43.9 Å². The van der Waals surface area contributed by atoms with Crippen molar-refractivity contribution >= 4 is 24.4 Å². The molecule has 0 rings (SSSR count). The lowest BCUT2D eigenvalue weighted by Gasteiger charge is -2.13. The summed E-state index contributed by atoms with van der Waals surface area (Å²) in [6.07, 6.45) is 0.318. The fourth-order valence-electron chi connectivity index (χ4n) is 0.910. The molecule has 1 unspecified atom stereocenters. The maximum absolute atomic E-state index is 11.4. The lowest BCUT2D eigenvalue weighted by atomic mass is 10.3. The number of ether oxygens (including phenoxy) is 1. The van der Waals surface area contributed by atoms with Crippen LogP contribution >= 0.6 is 12.6 Å². The molecule has 2 amide bonds. The van der Waals surface area contributed by atoms with Crippen molar-refractivity contribution in [1.29, 1.82) is 0 Å². The number of carbonyl (C=O) groups is 2. The Morgan fingerprint density at radius 2 is 2.13 bits per heavy atom. The average molecular weight is 234 g/mol. The van der Waals surface area contributed by atoms with Crippen molar-refractivity contribution in [3.05, 3.63) is 0 Å². The van der Waals surface area contributed by atoms with Crippen molar-refractivity contribution in [3.8, 4) is 0 Å². The van der Waals surface area contributed by atoms with Gasteiger partial charge in [0.25, 0.3) is 0 Å². The van der Waals surface area contributed by atoms with E-state index in [-0.39, 0.29) is 11.8 Å². The van der Waals surface area contributed by atoms with Crippen LogP contribution in [0.25, 0.3) is 0 Å². The van der Waals surface area contributed by atoms with Crippen molar-refractivity contribution in [3.63, 3.8) is 0 Å². The van der Waals surface area contributed by atoms with E-state index in [2.05, 4.69) is 23.3 Å². The molecule has 0 heterocycles. The van der Waals surface area contributed by atoms with E-state index in [1.54, 1.807) is 14.0 Å². The largest absolute Gasteiger partial charge is 0.383 e. The van der Waals surface area contributed by atoms with Crippen LogP contribution in [0.3, 0.4) is 0 Å². The topological polar surface area (TPSA) is 67.4 Å². The number of carbonyl (C=O) groups excluding carboxylic acids is 2. The molecule has 0 aliphatic rings. The molecule has 0 saturated carbocycles. The lowest BCUT2D eigenvalue weighted by Crippen LogP contribution is -2.45. The zero-order valence-electron chi connectivity index (χ0n) is 9.08. The molecule has 0 fully saturated rings. The highest BCUT2D eigenvalue weighted by Gasteiger charge is 2.13. The number of thiol groups is 1.